The summed E-state index contributed by atoms with van der Waals surface area (Å²) in [5.41, 5.74) is 2.28. The maximum Gasteiger partial charge on any atom is 0.191 e. The van der Waals surface area contributed by atoms with Crippen molar-refractivity contribution in [3.8, 4) is 0 Å². The van der Waals surface area contributed by atoms with Crippen LogP contribution in [0.1, 0.15) is 37.4 Å². The molecule has 3 heterocycles. The summed E-state index contributed by atoms with van der Waals surface area (Å²) in [5, 5.41) is 6.87. The number of aliphatic imine (C=N–C) groups is 1. The van der Waals surface area contributed by atoms with Gasteiger partial charge >= 0.3 is 0 Å². The molecule has 0 radical (unpaired) electrons. The molecule has 3 unspecified atom stereocenters. The number of ether oxygens (including phenoxy) is 1. The van der Waals surface area contributed by atoms with E-state index in [9.17, 15) is 0 Å². The zero-order valence-corrected chi connectivity index (χ0v) is 16.2. The largest absolute Gasteiger partial charge is 0.373 e. The number of fused-ring (bicyclic) bond motifs is 2. The van der Waals surface area contributed by atoms with Crippen LogP contribution in [0.4, 0.5) is 0 Å². The second kappa shape index (κ2) is 8.82. The Morgan fingerprint density at radius 1 is 1.39 bits per heavy atom. The number of nitrogens with zero attached hydrogens (tertiary/aromatic N) is 2. The molecule has 3 rings (SSSR count). The highest BCUT2D eigenvalue weighted by atomic mass is 127. The van der Waals surface area contributed by atoms with Gasteiger partial charge in [0, 0.05) is 25.0 Å². The molecular formula is C17H27IN4O. The van der Waals surface area contributed by atoms with Gasteiger partial charge in [-0.05, 0) is 51.2 Å². The van der Waals surface area contributed by atoms with Crippen molar-refractivity contribution in [3.05, 3.63) is 29.6 Å². The monoisotopic (exact) mass is 430 g/mol. The summed E-state index contributed by atoms with van der Waals surface area (Å²) in [5.74, 6) is 0.906. The normalized spacial score (nSPS) is 26.0. The van der Waals surface area contributed by atoms with Crippen molar-refractivity contribution in [1.82, 2.24) is 15.6 Å². The molecule has 2 bridgehead atoms. The average molecular weight is 430 g/mol. The molecule has 23 heavy (non-hydrogen) atoms. The summed E-state index contributed by atoms with van der Waals surface area (Å²) in [4.78, 5) is 9.02. The Labute approximate surface area is 155 Å². The zero-order chi connectivity index (χ0) is 15.4. The fourth-order valence-corrected chi connectivity index (χ4v) is 3.23. The predicted molar refractivity (Wildman–Crippen MR) is 104 cm³/mol. The van der Waals surface area contributed by atoms with Gasteiger partial charge in [-0.3, -0.25) is 9.98 Å². The smallest absolute Gasteiger partial charge is 0.191 e. The van der Waals surface area contributed by atoms with Crippen LogP contribution in [0.3, 0.4) is 0 Å². The van der Waals surface area contributed by atoms with Crippen LogP contribution in [0.15, 0.2) is 23.3 Å². The van der Waals surface area contributed by atoms with Crippen LogP contribution in [-0.4, -0.2) is 42.3 Å². The maximum atomic E-state index is 5.90. The van der Waals surface area contributed by atoms with E-state index in [2.05, 4.69) is 39.7 Å². The Kier molecular flexibility index (Phi) is 7.08. The first-order chi connectivity index (χ1) is 10.7. The molecule has 2 aliphatic heterocycles. The van der Waals surface area contributed by atoms with Gasteiger partial charge in [-0.2, -0.15) is 0 Å². The molecule has 2 fully saturated rings. The number of hydrogen-bond acceptors (Lipinski definition) is 3. The van der Waals surface area contributed by atoms with E-state index >= 15 is 0 Å². The third-order valence-corrected chi connectivity index (χ3v) is 4.42. The molecule has 1 aromatic rings. The Hall–Kier alpha value is -0.890. The molecule has 0 aromatic carbocycles. The fourth-order valence-electron chi connectivity index (χ4n) is 3.23. The maximum absolute atomic E-state index is 5.90. The number of aromatic nitrogens is 1. The molecule has 0 amide bonds. The van der Waals surface area contributed by atoms with Crippen molar-refractivity contribution in [1.29, 1.82) is 0 Å². The highest BCUT2D eigenvalue weighted by molar-refractivity contribution is 14.0. The summed E-state index contributed by atoms with van der Waals surface area (Å²) in [7, 11) is 0. The molecule has 2 saturated heterocycles. The summed E-state index contributed by atoms with van der Waals surface area (Å²) < 4.78 is 5.90. The molecule has 2 N–H and O–H groups in total. The second-order valence-corrected chi connectivity index (χ2v) is 6.18. The lowest BCUT2D eigenvalue weighted by molar-refractivity contribution is 0.0992. The van der Waals surface area contributed by atoms with Crippen LogP contribution in [-0.2, 0) is 11.2 Å². The SMILES string of the molecule is CCNC(=NCCc1ccc(C)nc1)NC1CC2CCC1O2.I. The molecule has 0 spiro atoms. The summed E-state index contributed by atoms with van der Waals surface area (Å²) in [6.45, 7) is 5.74. The number of hydrogen-bond donors (Lipinski definition) is 2. The van der Waals surface area contributed by atoms with E-state index in [1.165, 1.54) is 18.4 Å². The average Bonchev–Trinajstić information content (AvgIpc) is 3.12. The first-order valence-corrected chi connectivity index (χ1v) is 8.36. The minimum Gasteiger partial charge on any atom is -0.373 e. The number of guanidine groups is 1. The van der Waals surface area contributed by atoms with Crippen LogP contribution in [0.25, 0.3) is 0 Å². The van der Waals surface area contributed by atoms with E-state index < -0.39 is 0 Å². The number of pyridine rings is 1. The van der Waals surface area contributed by atoms with E-state index in [-0.39, 0.29) is 24.0 Å². The van der Waals surface area contributed by atoms with Crippen molar-refractivity contribution in [3.63, 3.8) is 0 Å². The van der Waals surface area contributed by atoms with Gasteiger partial charge in [0.25, 0.3) is 0 Å². The molecule has 1 aromatic heterocycles. The number of halogens is 1. The van der Waals surface area contributed by atoms with Gasteiger partial charge in [0.15, 0.2) is 5.96 Å². The molecule has 6 heteroatoms. The first-order valence-electron chi connectivity index (χ1n) is 8.36. The van der Waals surface area contributed by atoms with Crippen LogP contribution >= 0.6 is 24.0 Å². The molecule has 2 aliphatic rings. The lowest BCUT2D eigenvalue weighted by Crippen LogP contribution is -2.47. The van der Waals surface area contributed by atoms with Crippen molar-refractivity contribution in [2.75, 3.05) is 13.1 Å². The van der Waals surface area contributed by atoms with Gasteiger partial charge in [0.2, 0.25) is 0 Å². The van der Waals surface area contributed by atoms with Gasteiger partial charge in [0.05, 0.1) is 18.2 Å². The van der Waals surface area contributed by atoms with Gasteiger partial charge in [-0.15, -0.1) is 24.0 Å². The topological polar surface area (TPSA) is 58.5 Å². The number of rotatable bonds is 5. The Balaban J connectivity index is 0.00000192. The van der Waals surface area contributed by atoms with Crippen molar-refractivity contribution in [2.45, 2.75) is 57.8 Å². The first kappa shape index (κ1) is 18.4. The molecule has 0 saturated carbocycles. The third-order valence-electron chi connectivity index (χ3n) is 4.42. The van der Waals surface area contributed by atoms with Crippen LogP contribution < -0.4 is 10.6 Å². The summed E-state index contributed by atoms with van der Waals surface area (Å²) in [6.07, 6.45) is 7.19. The van der Waals surface area contributed by atoms with Gasteiger partial charge < -0.3 is 15.4 Å². The Morgan fingerprint density at radius 3 is 2.87 bits per heavy atom. The van der Waals surface area contributed by atoms with Gasteiger partial charge in [-0.25, -0.2) is 0 Å². The number of nitrogens with one attached hydrogen (secondary N) is 2. The van der Waals surface area contributed by atoms with E-state index in [0.717, 1.165) is 37.6 Å². The van der Waals surface area contributed by atoms with Crippen molar-refractivity contribution in [2.24, 2.45) is 4.99 Å². The second-order valence-electron chi connectivity index (χ2n) is 6.18. The van der Waals surface area contributed by atoms with Crippen molar-refractivity contribution >= 4 is 29.9 Å². The van der Waals surface area contributed by atoms with E-state index in [1.807, 2.05) is 13.1 Å². The van der Waals surface area contributed by atoms with E-state index in [1.54, 1.807) is 0 Å². The van der Waals surface area contributed by atoms with Gasteiger partial charge in [-0.1, -0.05) is 6.07 Å². The minimum atomic E-state index is 0. The standard InChI is InChI=1S/C17H26N4O.HI/c1-3-18-17(21-15-10-14-6-7-16(15)22-14)19-9-8-13-5-4-12(2)20-11-13;/h4-5,11,14-16H,3,6-10H2,1-2H3,(H2,18,19,21);1H. The van der Waals surface area contributed by atoms with E-state index in [4.69, 9.17) is 4.74 Å². The Morgan fingerprint density at radius 2 is 2.26 bits per heavy atom. The lowest BCUT2D eigenvalue weighted by Gasteiger charge is -2.22. The van der Waals surface area contributed by atoms with Gasteiger partial charge in [0.1, 0.15) is 0 Å². The quantitative estimate of drug-likeness (QED) is 0.428. The van der Waals surface area contributed by atoms with Crippen LogP contribution in [0.2, 0.25) is 0 Å². The zero-order valence-electron chi connectivity index (χ0n) is 13.9. The molecule has 3 atom stereocenters. The molecular weight excluding hydrogens is 403 g/mol. The highest BCUT2D eigenvalue weighted by Crippen LogP contribution is 2.34. The minimum absolute atomic E-state index is 0. The van der Waals surface area contributed by atoms with Crippen LogP contribution in [0, 0.1) is 6.92 Å². The summed E-state index contributed by atoms with van der Waals surface area (Å²) in [6, 6.07) is 4.59. The number of aryl methyl sites for hydroxylation is 1. The Bertz CT molecular complexity index is 520. The summed E-state index contributed by atoms with van der Waals surface area (Å²) >= 11 is 0. The predicted octanol–water partition coefficient (Wildman–Crippen LogP) is 2.43. The molecule has 0 aliphatic carbocycles. The fraction of sp³-hybridized carbons (Fsp3) is 0.647. The highest BCUT2D eigenvalue weighted by Gasteiger charge is 2.41. The van der Waals surface area contributed by atoms with Crippen LogP contribution in [0.5, 0.6) is 0 Å². The van der Waals surface area contributed by atoms with E-state index in [0.29, 0.717) is 18.2 Å². The lowest BCUT2D eigenvalue weighted by atomic mass is 9.96. The van der Waals surface area contributed by atoms with Crippen molar-refractivity contribution < 1.29 is 4.74 Å². The molecule has 128 valence electrons. The molecule has 5 nitrogen and oxygen atoms in total. The third kappa shape index (κ3) is 5.04.